The van der Waals surface area contributed by atoms with Gasteiger partial charge in [-0.2, -0.15) is 0 Å². The van der Waals surface area contributed by atoms with Crippen LogP contribution in [0.25, 0.3) is 0 Å². The monoisotopic (exact) mass is 291 g/mol. The van der Waals surface area contributed by atoms with Crippen LogP contribution >= 0.6 is 0 Å². The molecule has 0 spiro atoms. The van der Waals surface area contributed by atoms with Crippen molar-refractivity contribution in [3.05, 3.63) is 41.0 Å². The molecule has 1 saturated heterocycles. The van der Waals surface area contributed by atoms with E-state index in [1.165, 1.54) is 17.0 Å². The molecule has 1 fully saturated rings. The Morgan fingerprint density at radius 3 is 2.90 bits per heavy atom. The van der Waals surface area contributed by atoms with Crippen molar-refractivity contribution in [3.8, 4) is 0 Å². The average Bonchev–Trinajstić information content (AvgIpc) is 2.85. The molecule has 0 aromatic heterocycles. The standard InChI is InChI=1S/C14H17N3O4/c1-2-10-7-14(19)16(9-10)13-8-11(17(20)21)3-4-12(13)15-5-6-18/h2-4,8,10,15,18H,1,5-7,9H2. The summed E-state index contributed by atoms with van der Waals surface area (Å²) in [6.07, 6.45) is 2.07. The zero-order chi connectivity index (χ0) is 15.4. The number of hydrogen-bond acceptors (Lipinski definition) is 5. The Morgan fingerprint density at radius 2 is 2.33 bits per heavy atom. The number of benzene rings is 1. The third kappa shape index (κ3) is 3.19. The number of hydrogen-bond donors (Lipinski definition) is 2. The molecule has 2 rings (SSSR count). The average molecular weight is 291 g/mol. The summed E-state index contributed by atoms with van der Waals surface area (Å²) in [6, 6.07) is 4.30. The molecule has 0 aliphatic carbocycles. The summed E-state index contributed by atoms with van der Waals surface area (Å²) in [5.74, 6) is -0.0464. The zero-order valence-corrected chi connectivity index (χ0v) is 11.5. The van der Waals surface area contributed by atoms with Crippen molar-refractivity contribution >= 4 is 23.0 Å². The first-order chi connectivity index (χ1) is 10.1. The van der Waals surface area contributed by atoms with Gasteiger partial charge in [0.05, 0.1) is 22.9 Å². The number of nitrogens with zero attached hydrogens (tertiary/aromatic N) is 2. The zero-order valence-electron chi connectivity index (χ0n) is 11.5. The minimum Gasteiger partial charge on any atom is -0.395 e. The second-order valence-electron chi connectivity index (χ2n) is 4.81. The van der Waals surface area contributed by atoms with E-state index in [1.807, 2.05) is 0 Å². The second kappa shape index (κ2) is 6.36. The van der Waals surface area contributed by atoms with Gasteiger partial charge < -0.3 is 15.3 Å². The van der Waals surface area contributed by atoms with Crippen molar-refractivity contribution in [2.24, 2.45) is 5.92 Å². The lowest BCUT2D eigenvalue weighted by atomic mass is 10.1. The van der Waals surface area contributed by atoms with Gasteiger partial charge in [-0.3, -0.25) is 14.9 Å². The number of rotatable bonds is 6. The Labute approximate surface area is 122 Å². The summed E-state index contributed by atoms with van der Waals surface area (Å²) < 4.78 is 0. The second-order valence-corrected chi connectivity index (χ2v) is 4.81. The van der Waals surface area contributed by atoms with Crippen molar-refractivity contribution in [2.45, 2.75) is 6.42 Å². The molecule has 0 radical (unpaired) electrons. The predicted molar refractivity (Wildman–Crippen MR) is 79.3 cm³/mol. The maximum absolute atomic E-state index is 12.1. The summed E-state index contributed by atoms with van der Waals surface area (Å²) in [7, 11) is 0. The van der Waals surface area contributed by atoms with Crippen molar-refractivity contribution in [1.29, 1.82) is 0 Å². The Kier molecular flexibility index (Phi) is 4.54. The summed E-state index contributed by atoms with van der Waals surface area (Å²) in [4.78, 5) is 24.0. The van der Waals surface area contributed by atoms with Crippen LogP contribution in [0.1, 0.15) is 6.42 Å². The van der Waals surface area contributed by atoms with E-state index in [0.717, 1.165) is 0 Å². The normalized spacial score (nSPS) is 17.9. The van der Waals surface area contributed by atoms with E-state index in [9.17, 15) is 14.9 Å². The molecule has 1 aromatic carbocycles. The fraction of sp³-hybridized carbons (Fsp3) is 0.357. The molecule has 1 unspecified atom stereocenters. The first-order valence-corrected chi connectivity index (χ1v) is 6.63. The minimum absolute atomic E-state index is 0.0439. The molecule has 2 N–H and O–H groups in total. The van der Waals surface area contributed by atoms with Crippen molar-refractivity contribution in [1.82, 2.24) is 0 Å². The highest BCUT2D eigenvalue weighted by molar-refractivity contribution is 5.99. The highest BCUT2D eigenvalue weighted by Crippen LogP contribution is 2.34. The van der Waals surface area contributed by atoms with E-state index in [-0.39, 0.29) is 24.1 Å². The van der Waals surface area contributed by atoms with Crippen LogP contribution in [0.4, 0.5) is 17.1 Å². The molecule has 1 aliphatic rings. The van der Waals surface area contributed by atoms with Crippen LogP contribution in [0, 0.1) is 16.0 Å². The molecule has 1 heterocycles. The summed E-state index contributed by atoms with van der Waals surface area (Å²) in [5, 5.41) is 22.8. The van der Waals surface area contributed by atoms with Gasteiger partial charge in [-0.25, -0.2) is 0 Å². The Hall–Kier alpha value is -2.41. The molecular weight excluding hydrogens is 274 g/mol. The summed E-state index contributed by atoms with van der Waals surface area (Å²) in [6.45, 7) is 4.38. The molecule has 0 bridgehead atoms. The van der Waals surface area contributed by atoms with Gasteiger partial charge in [0.25, 0.3) is 5.69 Å². The number of anilines is 2. The third-order valence-electron chi connectivity index (χ3n) is 3.40. The smallest absolute Gasteiger partial charge is 0.271 e. The largest absolute Gasteiger partial charge is 0.395 e. The van der Waals surface area contributed by atoms with Crippen LogP contribution in [-0.4, -0.2) is 35.6 Å². The first kappa shape index (κ1) is 15.0. The number of carbonyl (C=O) groups excluding carboxylic acids is 1. The lowest BCUT2D eigenvalue weighted by Crippen LogP contribution is -2.25. The molecule has 7 heteroatoms. The number of nitrogens with one attached hydrogen (secondary N) is 1. The number of aliphatic hydroxyl groups excluding tert-OH is 1. The van der Waals surface area contributed by atoms with Crippen LogP contribution in [0.5, 0.6) is 0 Å². The van der Waals surface area contributed by atoms with Gasteiger partial charge in [-0.1, -0.05) is 6.08 Å². The molecule has 112 valence electrons. The Balaban J connectivity index is 2.38. The first-order valence-electron chi connectivity index (χ1n) is 6.63. The number of nitro groups is 1. The van der Waals surface area contributed by atoms with Crippen LogP contribution in [-0.2, 0) is 4.79 Å². The van der Waals surface area contributed by atoms with Crippen molar-refractivity contribution < 1.29 is 14.8 Å². The fourth-order valence-corrected chi connectivity index (χ4v) is 2.32. The van der Waals surface area contributed by atoms with Crippen LogP contribution < -0.4 is 10.2 Å². The Morgan fingerprint density at radius 1 is 1.57 bits per heavy atom. The molecule has 1 atom stereocenters. The number of aliphatic hydroxyl groups is 1. The van der Waals surface area contributed by atoms with Gasteiger partial charge >= 0.3 is 0 Å². The summed E-state index contributed by atoms with van der Waals surface area (Å²) in [5.41, 5.74) is 0.981. The molecule has 1 aromatic rings. The lowest BCUT2D eigenvalue weighted by Gasteiger charge is -2.20. The molecule has 7 nitrogen and oxygen atoms in total. The van der Waals surface area contributed by atoms with Gasteiger partial charge in [-0.15, -0.1) is 6.58 Å². The molecule has 21 heavy (non-hydrogen) atoms. The van der Waals surface area contributed by atoms with Gasteiger partial charge in [-0.05, 0) is 6.07 Å². The maximum atomic E-state index is 12.1. The fourth-order valence-electron chi connectivity index (χ4n) is 2.32. The van der Waals surface area contributed by atoms with E-state index in [4.69, 9.17) is 5.11 Å². The van der Waals surface area contributed by atoms with Crippen LogP contribution in [0.2, 0.25) is 0 Å². The maximum Gasteiger partial charge on any atom is 0.271 e. The van der Waals surface area contributed by atoms with Crippen LogP contribution in [0.3, 0.4) is 0 Å². The molecule has 0 saturated carbocycles. The number of carbonyl (C=O) groups is 1. The molecular formula is C14H17N3O4. The van der Waals surface area contributed by atoms with Crippen molar-refractivity contribution in [2.75, 3.05) is 29.9 Å². The SMILES string of the molecule is C=CC1CC(=O)N(c2cc([N+](=O)[O-])ccc2NCCO)C1. The van der Waals surface area contributed by atoms with Gasteiger partial charge in [0.2, 0.25) is 5.91 Å². The quantitative estimate of drug-likeness (QED) is 0.471. The predicted octanol–water partition coefficient (Wildman–Crippen LogP) is 1.54. The van der Waals surface area contributed by atoms with E-state index in [1.54, 1.807) is 12.1 Å². The van der Waals surface area contributed by atoms with E-state index >= 15 is 0 Å². The van der Waals surface area contributed by atoms with Gasteiger partial charge in [0.1, 0.15) is 0 Å². The van der Waals surface area contributed by atoms with Gasteiger partial charge in [0, 0.05) is 37.6 Å². The number of amides is 1. The molecule has 1 amide bonds. The lowest BCUT2D eigenvalue weighted by molar-refractivity contribution is -0.384. The highest BCUT2D eigenvalue weighted by atomic mass is 16.6. The third-order valence-corrected chi connectivity index (χ3v) is 3.40. The minimum atomic E-state index is -0.495. The van der Waals surface area contributed by atoms with E-state index in [2.05, 4.69) is 11.9 Å². The van der Waals surface area contributed by atoms with E-state index in [0.29, 0.717) is 30.9 Å². The van der Waals surface area contributed by atoms with Gasteiger partial charge in [0.15, 0.2) is 0 Å². The summed E-state index contributed by atoms with van der Waals surface area (Å²) >= 11 is 0. The number of nitro benzene ring substituents is 1. The van der Waals surface area contributed by atoms with Crippen LogP contribution in [0.15, 0.2) is 30.9 Å². The topological polar surface area (TPSA) is 95.7 Å². The van der Waals surface area contributed by atoms with E-state index < -0.39 is 4.92 Å². The number of non-ortho nitro benzene ring substituents is 1. The molecule has 1 aliphatic heterocycles. The highest BCUT2D eigenvalue weighted by Gasteiger charge is 2.31. The van der Waals surface area contributed by atoms with Crippen molar-refractivity contribution in [3.63, 3.8) is 0 Å². The Bertz CT molecular complexity index is 573.